The van der Waals surface area contributed by atoms with Gasteiger partial charge in [-0.3, -0.25) is 14.4 Å². The molecule has 0 spiro atoms. The number of allylic oxidation sites excluding steroid dienone is 14. The van der Waals surface area contributed by atoms with Crippen LogP contribution >= 0.6 is 0 Å². The highest BCUT2D eigenvalue weighted by Crippen LogP contribution is 2.13. The molecule has 0 aromatic rings. The molecule has 0 heterocycles. The maximum Gasteiger partial charge on any atom is 0.306 e. The molecule has 0 saturated heterocycles. The number of carbonyl (C=O) groups is 3. The fraction of sp³-hybridized carbons (Fsp3) is 0.696. The third-order valence-electron chi connectivity index (χ3n) is 10.6. The van der Waals surface area contributed by atoms with Gasteiger partial charge in [-0.2, -0.15) is 0 Å². The first-order valence-electron chi connectivity index (χ1n) is 25.6. The van der Waals surface area contributed by atoms with Crippen LogP contribution in [-0.4, -0.2) is 37.2 Å². The third-order valence-corrected chi connectivity index (χ3v) is 10.6. The molecule has 62 heavy (non-hydrogen) atoms. The van der Waals surface area contributed by atoms with Gasteiger partial charge < -0.3 is 14.2 Å². The zero-order chi connectivity index (χ0) is 45.1. The van der Waals surface area contributed by atoms with Gasteiger partial charge in [-0.1, -0.05) is 189 Å². The van der Waals surface area contributed by atoms with E-state index in [4.69, 9.17) is 14.2 Å². The summed E-state index contributed by atoms with van der Waals surface area (Å²) in [6.07, 6.45) is 64.2. The van der Waals surface area contributed by atoms with Crippen molar-refractivity contribution in [3.8, 4) is 0 Å². The van der Waals surface area contributed by atoms with Crippen LogP contribution in [-0.2, 0) is 28.6 Å². The predicted molar refractivity (Wildman–Crippen MR) is 265 cm³/mol. The molecule has 0 rings (SSSR count). The van der Waals surface area contributed by atoms with Gasteiger partial charge in [0.25, 0.3) is 0 Å². The first kappa shape index (κ1) is 58.6. The Morgan fingerprint density at radius 1 is 0.339 bits per heavy atom. The summed E-state index contributed by atoms with van der Waals surface area (Å²) < 4.78 is 16.7. The van der Waals surface area contributed by atoms with Crippen LogP contribution in [0.15, 0.2) is 85.1 Å². The molecule has 1 unspecified atom stereocenters. The van der Waals surface area contributed by atoms with Gasteiger partial charge in [0.2, 0.25) is 0 Å². The molecule has 1 atom stereocenters. The van der Waals surface area contributed by atoms with Gasteiger partial charge in [-0.05, 0) is 109 Å². The number of carbonyl (C=O) groups excluding carboxylic acids is 3. The van der Waals surface area contributed by atoms with E-state index in [2.05, 4.69) is 106 Å². The van der Waals surface area contributed by atoms with Crippen molar-refractivity contribution < 1.29 is 28.6 Å². The largest absolute Gasteiger partial charge is 0.462 e. The van der Waals surface area contributed by atoms with Crippen LogP contribution in [0.4, 0.5) is 0 Å². The standard InChI is InChI=1S/C56H94O6/c1-4-7-10-13-16-19-22-25-28-29-32-34-37-40-43-46-49-55(58)61-52-53(62-56(59)50-47-44-41-38-35-31-27-24-21-18-15-12-9-6-3)51-60-54(57)48-45-42-39-36-33-30-26-23-20-17-14-11-8-5-2/h8-9,11-12,17-18,20-21,26-31,53H,4-7,10,13-16,19,22-25,32-52H2,1-3H3/b11-8-,12-9-,20-17-,21-18-,29-28-,30-26-,31-27-. The van der Waals surface area contributed by atoms with Crippen molar-refractivity contribution in [3.05, 3.63) is 85.1 Å². The van der Waals surface area contributed by atoms with E-state index in [1.807, 2.05) is 0 Å². The van der Waals surface area contributed by atoms with Crippen LogP contribution in [0, 0.1) is 0 Å². The van der Waals surface area contributed by atoms with Crippen molar-refractivity contribution in [2.75, 3.05) is 13.2 Å². The fourth-order valence-corrected chi connectivity index (χ4v) is 6.82. The molecule has 0 amide bonds. The van der Waals surface area contributed by atoms with E-state index in [-0.39, 0.29) is 31.1 Å². The number of hydrogen-bond acceptors (Lipinski definition) is 6. The molecule has 6 nitrogen and oxygen atoms in total. The van der Waals surface area contributed by atoms with E-state index >= 15 is 0 Å². The van der Waals surface area contributed by atoms with Crippen molar-refractivity contribution >= 4 is 17.9 Å². The quantitative estimate of drug-likeness (QED) is 0.0263. The Morgan fingerprint density at radius 2 is 0.629 bits per heavy atom. The van der Waals surface area contributed by atoms with E-state index in [1.54, 1.807) is 0 Å². The highest BCUT2D eigenvalue weighted by atomic mass is 16.6. The van der Waals surface area contributed by atoms with Crippen LogP contribution < -0.4 is 0 Å². The average Bonchev–Trinajstić information content (AvgIpc) is 3.27. The van der Waals surface area contributed by atoms with E-state index in [0.29, 0.717) is 19.3 Å². The molecule has 0 N–H and O–H groups in total. The topological polar surface area (TPSA) is 78.9 Å². The third kappa shape index (κ3) is 47.6. The van der Waals surface area contributed by atoms with Crippen LogP contribution in [0.25, 0.3) is 0 Å². The monoisotopic (exact) mass is 863 g/mol. The average molecular weight is 863 g/mol. The summed E-state index contributed by atoms with van der Waals surface area (Å²) in [6.45, 7) is 6.36. The second-order valence-corrected chi connectivity index (χ2v) is 16.7. The molecule has 0 aromatic carbocycles. The summed E-state index contributed by atoms with van der Waals surface area (Å²) in [5.74, 6) is -0.953. The van der Waals surface area contributed by atoms with E-state index in [0.717, 1.165) is 128 Å². The molecular weight excluding hydrogens is 769 g/mol. The first-order chi connectivity index (χ1) is 30.5. The lowest BCUT2D eigenvalue weighted by atomic mass is 10.1. The summed E-state index contributed by atoms with van der Waals surface area (Å²) in [5, 5.41) is 0. The Morgan fingerprint density at radius 3 is 1.00 bits per heavy atom. The number of unbranched alkanes of at least 4 members (excludes halogenated alkanes) is 20. The lowest BCUT2D eigenvalue weighted by Gasteiger charge is -2.18. The minimum atomic E-state index is -0.800. The summed E-state index contributed by atoms with van der Waals surface area (Å²) in [4.78, 5) is 38.0. The molecular formula is C56H94O6. The number of ether oxygens (including phenoxy) is 3. The molecule has 0 aliphatic rings. The van der Waals surface area contributed by atoms with Crippen molar-refractivity contribution in [2.45, 2.75) is 239 Å². The molecule has 0 fully saturated rings. The van der Waals surface area contributed by atoms with Crippen molar-refractivity contribution in [3.63, 3.8) is 0 Å². The zero-order valence-electron chi connectivity index (χ0n) is 40.4. The highest BCUT2D eigenvalue weighted by molar-refractivity contribution is 5.71. The van der Waals surface area contributed by atoms with Gasteiger partial charge in [0.15, 0.2) is 6.10 Å². The number of esters is 3. The lowest BCUT2D eigenvalue weighted by Crippen LogP contribution is -2.30. The summed E-state index contributed by atoms with van der Waals surface area (Å²) in [7, 11) is 0. The Labute approximate surface area is 382 Å². The highest BCUT2D eigenvalue weighted by Gasteiger charge is 2.19. The van der Waals surface area contributed by atoms with Gasteiger partial charge >= 0.3 is 17.9 Å². The Kier molecular flexibility index (Phi) is 47.5. The van der Waals surface area contributed by atoms with Crippen LogP contribution in [0.3, 0.4) is 0 Å². The van der Waals surface area contributed by atoms with Gasteiger partial charge in [-0.25, -0.2) is 0 Å². The molecule has 0 bridgehead atoms. The fourth-order valence-electron chi connectivity index (χ4n) is 6.82. The van der Waals surface area contributed by atoms with Crippen LogP contribution in [0.5, 0.6) is 0 Å². The van der Waals surface area contributed by atoms with Gasteiger partial charge in [0, 0.05) is 19.3 Å². The molecule has 0 aliphatic heterocycles. The summed E-state index contributed by atoms with van der Waals surface area (Å²) in [6, 6.07) is 0. The molecule has 354 valence electrons. The number of rotatable bonds is 45. The second kappa shape index (κ2) is 50.2. The van der Waals surface area contributed by atoms with Crippen LogP contribution in [0.1, 0.15) is 233 Å². The van der Waals surface area contributed by atoms with Gasteiger partial charge in [0.05, 0.1) is 0 Å². The molecule has 0 radical (unpaired) electrons. The van der Waals surface area contributed by atoms with Crippen molar-refractivity contribution in [2.24, 2.45) is 0 Å². The number of hydrogen-bond donors (Lipinski definition) is 0. The Bertz CT molecular complexity index is 1220. The summed E-state index contributed by atoms with van der Waals surface area (Å²) in [5.41, 5.74) is 0. The van der Waals surface area contributed by atoms with E-state index < -0.39 is 6.10 Å². The van der Waals surface area contributed by atoms with E-state index in [9.17, 15) is 14.4 Å². The first-order valence-corrected chi connectivity index (χ1v) is 25.6. The second-order valence-electron chi connectivity index (χ2n) is 16.7. The molecule has 6 heteroatoms. The zero-order valence-corrected chi connectivity index (χ0v) is 40.4. The van der Waals surface area contributed by atoms with E-state index in [1.165, 1.54) is 64.2 Å². The predicted octanol–water partition coefficient (Wildman–Crippen LogP) is 16.8. The Hall–Kier alpha value is -3.41. The summed E-state index contributed by atoms with van der Waals surface area (Å²) >= 11 is 0. The lowest BCUT2D eigenvalue weighted by molar-refractivity contribution is -0.167. The minimum absolute atomic E-state index is 0.0980. The molecule has 0 saturated carbocycles. The maximum atomic E-state index is 12.8. The van der Waals surface area contributed by atoms with Gasteiger partial charge in [-0.15, -0.1) is 0 Å². The SMILES string of the molecule is CC/C=C\C/C=C\C/C=C\CCCCCCC(=O)OCC(COC(=O)CCCCCCC/C=C\CCCCCCCCC)OC(=O)CCCCCC/C=C\C/C=C\C/C=C\CC. The Balaban J connectivity index is 4.46. The minimum Gasteiger partial charge on any atom is -0.462 e. The normalized spacial score (nSPS) is 12.8. The van der Waals surface area contributed by atoms with Crippen LogP contribution in [0.2, 0.25) is 0 Å². The maximum absolute atomic E-state index is 12.8. The van der Waals surface area contributed by atoms with Crippen molar-refractivity contribution in [1.29, 1.82) is 0 Å². The van der Waals surface area contributed by atoms with Crippen molar-refractivity contribution in [1.82, 2.24) is 0 Å². The molecule has 0 aliphatic carbocycles. The smallest absolute Gasteiger partial charge is 0.306 e. The molecule has 0 aromatic heterocycles. The van der Waals surface area contributed by atoms with Gasteiger partial charge in [0.1, 0.15) is 13.2 Å².